The average Bonchev–Trinajstić information content (AvgIpc) is 2.87. The zero-order valence-electron chi connectivity index (χ0n) is 19.8. The van der Waals surface area contributed by atoms with Gasteiger partial charge in [-0.2, -0.15) is 0 Å². The minimum atomic E-state index is -1.15. The van der Waals surface area contributed by atoms with Crippen molar-refractivity contribution in [3.05, 3.63) is 84.4 Å². The highest BCUT2D eigenvalue weighted by Gasteiger charge is 2.44. The second-order valence-corrected chi connectivity index (χ2v) is 9.64. The van der Waals surface area contributed by atoms with Gasteiger partial charge in [-0.3, -0.25) is 4.39 Å². The summed E-state index contributed by atoms with van der Waals surface area (Å²) in [5, 5.41) is 0. The van der Waals surface area contributed by atoms with E-state index in [4.69, 9.17) is 0 Å². The maximum Gasteiger partial charge on any atom is 0.114 e. The minimum Gasteiger partial charge on any atom is -0.251 e. The van der Waals surface area contributed by atoms with E-state index in [9.17, 15) is 4.39 Å². The summed E-state index contributed by atoms with van der Waals surface area (Å²) in [6.07, 6.45) is 6.45. The van der Waals surface area contributed by atoms with Crippen LogP contribution in [0.2, 0.25) is 0 Å². The molecule has 0 saturated heterocycles. The third-order valence-corrected chi connectivity index (χ3v) is 7.54. The molecule has 0 nitrogen and oxygen atoms in total. The lowest BCUT2D eigenvalue weighted by molar-refractivity contribution is 0.00951. The van der Waals surface area contributed by atoms with E-state index in [1.807, 2.05) is 6.07 Å². The molecule has 3 unspecified atom stereocenters. The SMILES string of the molecule is CCCCC1(F)CCCCC1C(CCF)c1ccc(-c2ccc(-c3ccccc3)cc2)cc1. The van der Waals surface area contributed by atoms with Gasteiger partial charge in [0.2, 0.25) is 0 Å². The second-order valence-electron chi connectivity index (χ2n) is 9.64. The van der Waals surface area contributed by atoms with Crippen LogP contribution in [-0.4, -0.2) is 12.3 Å². The predicted molar refractivity (Wildman–Crippen MR) is 136 cm³/mol. The predicted octanol–water partition coefficient (Wildman–Crippen LogP) is 9.55. The number of rotatable bonds is 9. The highest BCUT2D eigenvalue weighted by Crippen LogP contribution is 2.49. The molecule has 3 atom stereocenters. The van der Waals surface area contributed by atoms with Gasteiger partial charge in [0.05, 0.1) is 6.67 Å². The van der Waals surface area contributed by atoms with Crippen molar-refractivity contribution in [3.63, 3.8) is 0 Å². The van der Waals surface area contributed by atoms with Crippen molar-refractivity contribution in [2.24, 2.45) is 5.92 Å². The molecule has 0 bridgehead atoms. The van der Waals surface area contributed by atoms with Crippen molar-refractivity contribution in [2.75, 3.05) is 6.67 Å². The first-order valence-electron chi connectivity index (χ1n) is 12.7. The Balaban J connectivity index is 1.55. The van der Waals surface area contributed by atoms with Crippen LogP contribution in [-0.2, 0) is 0 Å². The maximum atomic E-state index is 16.1. The lowest BCUT2D eigenvalue weighted by Crippen LogP contribution is -2.40. The Hall–Kier alpha value is -2.48. The zero-order chi connectivity index (χ0) is 23.1. The molecule has 33 heavy (non-hydrogen) atoms. The van der Waals surface area contributed by atoms with Gasteiger partial charge in [-0.05, 0) is 65.3 Å². The van der Waals surface area contributed by atoms with Crippen molar-refractivity contribution in [2.45, 2.75) is 69.9 Å². The standard InChI is InChI=1S/C31H36F2/c1-2-3-21-31(33)22-8-7-11-30(31)29(20-23-32)28-18-16-27(17-19-28)26-14-12-25(13-15-26)24-9-5-4-6-10-24/h4-6,9-10,12-19,29-30H,2-3,7-8,11,20-23H2,1H3. The number of hydrogen-bond acceptors (Lipinski definition) is 0. The first kappa shape index (κ1) is 23.7. The zero-order valence-corrected chi connectivity index (χ0v) is 19.8. The van der Waals surface area contributed by atoms with Gasteiger partial charge in [0.1, 0.15) is 5.67 Å². The monoisotopic (exact) mass is 446 g/mol. The van der Waals surface area contributed by atoms with E-state index in [1.165, 1.54) is 11.1 Å². The minimum absolute atomic E-state index is 0.0494. The molecule has 0 heterocycles. The molecular weight excluding hydrogens is 410 g/mol. The van der Waals surface area contributed by atoms with E-state index < -0.39 is 12.3 Å². The number of alkyl halides is 2. The molecule has 4 rings (SSSR count). The van der Waals surface area contributed by atoms with Gasteiger partial charge in [0, 0.05) is 0 Å². The average molecular weight is 447 g/mol. The van der Waals surface area contributed by atoms with E-state index in [0.29, 0.717) is 19.3 Å². The van der Waals surface area contributed by atoms with E-state index >= 15 is 4.39 Å². The number of unbranched alkanes of at least 4 members (excludes halogenated alkanes) is 1. The van der Waals surface area contributed by atoms with Gasteiger partial charge in [-0.1, -0.05) is 111 Å². The van der Waals surface area contributed by atoms with Crippen LogP contribution in [0.25, 0.3) is 22.3 Å². The third-order valence-electron chi connectivity index (χ3n) is 7.54. The Bertz CT molecular complexity index is 978. The Morgan fingerprint density at radius 3 is 1.97 bits per heavy atom. The summed E-state index contributed by atoms with van der Waals surface area (Å²) in [5.74, 6) is -0.129. The van der Waals surface area contributed by atoms with E-state index in [2.05, 4.69) is 79.7 Å². The summed E-state index contributed by atoms with van der Waals surface area (Å²) in [4.78, 5) is 0. The Kier molecular flexibility index (Phi) is 7.96. The smallest absolute Gasteiger partial charge is 0.114 e. The molecule has 1 saturated carbocycles. The third kappa shape index (κ3) is 5.54. The lowest BCUT2D eigenvalue weighted by Gasteiger charge is -2.42. The molecule has 0 amide bonds. The molecule has 1 fully saturated rings. The first-order valence-corrected chi connectivity index (χ1v) is 12.7. The van der Waals surface area contributed by atoms with Crippen molar-refractivity contribution < 1.29 is 8.78 Å². The quantitative estimate of drug-likeness (QED) is 0.307. The van der Waals surface area contributed by atoms with Crippen LogP contribution < -0.4 is 0 Å². The first-order chi connectivity index (χ1) is 16.1. The Morgan fingerprint density at radius 1 is 0.818 bits per heavy atom. The molecule has 3 aromatic carbocycles. The summed E-state index contributed by atoms with van der Waals surface area (Å²) >= 11 is 0. The summed E-state index contributed by atoms with van der Waals surface area (Å²) < 4.78 is 29.7. The molecule has 174 valence electrons. The summed E-state index contributed by atoms with van der Waals surface area (Å²) in [6.45, 7) is 1.72. The van der Waals surface area contributed by atoms with Crippen LogP contribution in [0.3, 0.4) is 0 Å². The summed E-state index contributed by atoms with van der Waals surface area (Å²) in [5.41, 5.74) is 4.63. The summed E-state index contributed by atoms with van der Waals surface area (Å²) in [7, 11) is 0. The van der Waals surface area contributed by atoms with Crippen LogP contribution in [0.5, 0.6) is 0 Å². The Labute approximate surface area is 198 Å². The Morgan fingerprint density at radius 2 is 1.39 bits per heavy atom. The van der Waals surface area contributed by atoms with Gasteiger partial charge in [0.15, 0.2) is 0 Å². The largest absolute Gasteiger partial charge is 0.251 e. The molecule has 0 aromatic heterocycles. The molecule has 0 N–H and O–H groups in total. The summed E-state index contributed by atoms with van der Waals surface area (Å²) in [6, 6.07) is 27.4. The normalized spacial score (nSPS) is 21.6. The van der Waals surface area contributed by atoms with Gasteiger partial charge in [-0.15, -0.1) is 0 Å². The van der Waals surface area contributed by atoms with Crippen LogP contribution in [0.1, 0.15) is 69.8 Å². The number of halogens is 2. The fourth-order valence-electron chi connectivity index (χ4n) is 5.70. The fraction of sp³-hybridized carbons (Fsp3) is 0.419. The maximum absolute atomic E-state index is 16.1. The molecule has 1 aliphatic rings. The lowest BCUT2D eigenvalue weighted by atomic mass is 9.66. The van der Waals surface area contributed by atoms with Crippen LogP contribution in [0.15, 0.2) is 78.9 Å². The molecule has 3 aromatic rings. The topological polar surface area (TPSA) is 0 Å². The number of hydrogen-bond donors (Lipinski definition) is 0. The van der Waals surface area contributed by atoms with E-state index in [1.54, 1.807) is 0 Å². The molecule has 0 radical (unpaired) electrons. The fourth-order valence-corrected chi connectivity index (χ4v) is 5.70. The van der Waals surface area contributed by atoms with E-state index in [-0.39, 0.29) is 11.8 Å². The van der Waals surface area contributed by atoms with Gasteiger partial charge < -0.3 is 0 Å². The highest BCUT2D eigenvalue weighted by molar-refractivity contribution is 5.70. The molecule has 0 aliphatic heterocycles. The van der Waals surface area contributed by atoms with Crippen LogP contribution in [0, 0.1) is 5.92 Å². The van der Waals surface area contributed by atoms with Crippen molar-refractivity contribution >= 4 is 0 Å². The van der Waals surface area contributed by atoms with Crippen LogP contribution >= 0.6 is 0 Å². The van der Waals surface area contributed by atoms with Crippen molar-refractivity contribution in [1.29, 1.82) is 0 Å². The molecule has 0 spiro atoms. The molecule has 2 heteroatoms. The second kappa shape index (κ2) is 11.1. The number of benzene rings is 3. The van der Waals surface area contributed by atoms with Crippen molar-refractivity contribution in [3.8, 4) is 22.3 Å². The highest BCUT2D eigenvalue weighted by atomic mass is 19.1. The van der Waals surface area contributed by atoms with Gasteiger partial charge in [-0.25, -0.2) is 4.39 Å². The molecular formula is C31H36F2. The molecule has 1 aliphatic carbocycles. The van der Waals surface area contributed by atoms with Gasteiger partial charge >= 0.3 is 0 Å². The van der Waals surface area contributed by atoms with Crippen molar-refractivity contribution in [1.82, 2.24) is 0 Å². The van der Waals surface area contributed by atoms with Crippen LogP contribution in [0.4, 0.5) is 8.78 Å². The van der Waals surface area contributed by atoms with E-state index in [0.717, 1.165) is 48.8 Å². The van der Waals surface area contributed by atoms with Gasteiger partial charge in [0.25, 0.3) is 0 Å².